The number of likely N-dealkylation sites (N-methyl/N-ethyl adjacent to an activating group) is 1. The maximum atomic E-state index is 11.7. The van der Waals surface area contributed by atoms with Crippen LogP contribution in [0.5, 0.6) is 0 Å². The van der Waals surface area contributed by atoms with Crippen LogP contribution in [0.3, 0.4) is 0 Å². The smallest absolute Gasteiger partial charge is 0.410 e. The van der Waals surface area contributed by atoms with Crippen LogP contribution in [0, 0.1) is 0 Å². The van der Waals surface area contributed by atoms with Crippen molar-refractivity contribution >= 4 is 6.09 Å². The first kappa shape index (κ1) is 15.0. The first-order valence-electron chi connectivity index (χ1n) is 8.82. The van der Waals surface area contributed by atoms with E-state index < -0.39 is 0 Å². The summed E-state index contributed by atoms with van der Waals surface area (Å²) in [6.07, 6.45) is 11.3. The van der Waals surface area contributed by atoms with E-state index in [0.29, 0.717) is 12.6 Å². The van der Waals surface area contributed by atoms with Gasteiger partial charge in [0, 0.05) is 45.3 Å². The van der Waals surface area contributed by atoms with Crippen LogP contribution in [0.2, 0.25) is 0 Å². The monoisotopic (exact) mass is 318 g/mol. The van der Waals surface area contributed by atoms with Crippen molar-refractivity contribution in [1.82, 2.24) is 19.4 Å². The molecule has 3 fully saturated rings. The normalized spacial score (nSPS) is 29.6. The maximum absolute atomic E-state index is 11.7. The van der Waals surface area contributed by atoms with Gasteiger partial charge in [0.1, 0.15) is 5.60 Å². The highest BCUT2D eigenvalue weighted by atomic mass is 16.6. The van der Waals surface area contributed by atoms with Crippen molar-refractivity contribution in [1.29, 1.82) is 0 Å². The Labute approximate surface area is 137 Å². The Morgan fingerprint density at radius 3 is 2.87 bits per heavy atom. The van der Waals surface area contributed by atoms with Crippen molar-refractivity contribution in [3.8, 4) is 0 Å². The molecule has 1 aromatic heterocycles. The van der Waals surface area contributed by atoms with Gasteiger partial charge in [-0.25, -0.2) is 9.78 Å². The summed E-state index contributed by atoms with van der Waals surface area (Å²) in [5, 5.41) is 0. The highest BCUT2D eigenvalue weighted by Crippen LogP contribution is 2.33. The zero-order valence-electron chi connectivity index (χ0n) is 13.9. The number of amides is 1. The van der Waals surface area contributed by atoms with Crippen molar-refractivity contribution in [2.45, 2.75) is 56.7 Å². The molecule has 0 aromatic carbocycles. The number of nitrogens with zero attached hydrogens (tertiary/aromatic N) is 4. The summed E-state index contributed by atoms with van der Waals surface area (Å²) in [4.78, 5) is 20.2. The number of rotatable bonds is 3. The van der Waals surface area contributed by atoms with Gasteiger partial charge >= 0.3 is 6.09 Å². The van der Waals surface area contributed by atoms with Crippen molar-refractivity contribution in [3.05, 3.63) is 18.2 Å². The van der Waals surface area contributed by atoms with Gasteiger partial charge in [-0.2, -0.15) is 0 Å². The lowest BCUT2D eigenvalue weighted by Gasteiger charge is -2.26. The molecule has 2 aliphatic heterocycles. The number of carbonyl (C=O) groups excluding carboxylic acids is 1. The van der Waals surface area contributed by atoms with E-state index in [1.165, 1.54) is 37.8 Å². The van der Waals surface area contributed by atoms with Gasteiger partial charge in [-0.3, -0.25) is 4.90 Å². The fraction of sp³-hybridized carbons (Fsp3) is 0.765. The minimum atomic E-state index is -0.290. The zero-order chi connectivity index (χ0) is 15.9. The average Bonchev–Trinajstić information content (AvgIpc) is 3.22. The Morgan fingerprint density at radius 1 is 1.30 bits per heavy atom. The standard InChI is InChI=1S/C17H26N4O2/c1-19-11-17(23-16(19)22)7-8-20(12-17)10-15-9-18-13-21(15)14-5-3-2-4-6-14/h9,13-14H,2-8,10-12H2,1H3. The van der Waals surface area contributed by atoms with E-state index in [0.717, 1.165) is 26.1 Å². The maximum Gasteiger partial charge on any atom is 0.410 e. The molecule has 3 heterocycles. The Hall–Kier alpha value is -1.56. The minimum absolute atomic E-state index is 0.181. The van der Waals surface area contributed by atoms with Gasteiger partial charge in [0.2, 0.25) is 0 Å². The molecule has 3 aliphatic rings. The largest absolute Gasteiger partial charge is 0.439 e. The molecule has 1 amide bonds. The van der Waals surface area contributed by atoms with Crippen LogP contribution in [0.1, 0.15) is 50.3 Å². The summed E-state index contributed by atoms with van der Waals surface area (Å²) in [5.41, 5.74) is 1.01. The van der Waals surface area contributed by atoms with Gasteiger partial charge in [0.25, 0.3) is 0 Å². The van der Waals surface area contributed by atoms with Crippen molar-refractivity contribution in [2.24, 2.45) is 0 Å². The molecule has 1 atom stereocenters. The summed E-state index contributed by atoms with van der Waals surface area (Å²) in [6, 6.07) is 0.619. The van der Waals surface area contributed by atoms with Gasteiger partial charge in [0.15, 0.2) is 0 Å². The van der Waals surface area contributed by atoms with Crippen LogP contribution in [0.15, 0.2) is 12.5 Å². The molecule has 1 spiro atoms. The van der Waals surface area contributed by atoms with Crippen molar-refractivity contribution < 1.29 is 9.53 Å². The molecule has 23 heavy (non-hydrogen) atoms. The third kappa shape index (κ3) is 2.84. The molecule has 2 saturated heterocycles. The number of hydrogen-bond donors (Lipinski definition) is 0. The third-order valence-corrected chi connectivity index (χ3v) is 5.64. The molecule has 6 heteroatoms. The van der Waals surface area contributed by atoms with Gasteiger partial charge in [-0.05, 0) is 12.8 Å². The molecule has 0 bridgehead atoms. The fourth-order valence-corrected chi connectivity index (χ4v) is 4.44. The predicted octanol–water partition coefficient (Wildman–Crippen LogP) is 2.41. The summed E-state index contributed by atoms with van der Waals surface area (Å²) < 4.78 is 8.03. The molecule has 1 aromatic rings. The topological polar surface area (TPSA) is 50.6 Å². The molecule has 126 valence electrons. The number of hydrogen-bond acceptors (Lipinski definition) is 4. The van der Waals surface area contributed by atoms with Crippen LogP contribution >= 0.6 is 0 Å². The zero-order valence-corrected chi connectivity index (χ0v) is 13.9. The second-order valence-electron chi connectivity index (χ2n) is 7.45. The Bertz CT molecular complexity index is 581. The molecule has 6 nitrogen and oxygen atoms in total. The molecule has 1 saturated carbocycles. The minimum Gasteiger partial charge on any atom is -0.439 e. The van der Waals surface area contributed by atoms with Crippen LogP contribution in [-0.4, -0.2) is 57.7 Å². The van der Waals surface area contributed by atoms with Crippen molar-refractivity contribution in [2.75, 3.05) is 26.7 Å². The third-order valence-electron chi connectivity index (χ3n) is 5.64. The fourth-order valence-electron chi connectivity index (χ4n) is 4.44. The van der Waals surface area contributed by atoms with Gasteiger partial charge in [-0.15, -0.1) is 0 Å². The van der Waals surface area contributed by atoms with Crippen LogP contribution < -0.4 is 0 Å². The number of carbonyl (C=O) groups is 1. The van der Waals surface area contributed by atoms with E-state index in [1.54, 1.807) is 4.90 Å². The molecular weight excluding hydrogens is 292 g/mol. The Kier molecular flexibility index (Phi) is 3.79. The van der Waals surface area contributed by atoms with Crippen molar-refractivity contribution in [3.63, 3.8) is 0 Å². The first-order valence-corrected chi connectivity index (χ1v) is 8.82. The number of ether oxygens (including phenoxy) is 1. The van der Waals surface area contributed by atoms with Gasteiger partial charge < -0.3 is 14.2 Å². The summed E-state index contributed by atoms with van der Waals surface area (Å²) in [5.74, 6) is 0. The second kappa shape index (κ2) is 5.82. The predicted molar refractivity (Wildman–Crippen MR) is 86.1 cm³/mol. The molecule has 1 aliphatic carbocycles. The average molecular weight is 318 g/mol. The first-order chi connectivity index (χ1) is 11.2. The van der Waals surface area contributed by atoms with Gasteiger partial charge in [-0.1, -0.05) is 19.3 Å². The lowest BCUT2D eigenvalue weighted by molar-refractivity contribution is 0.0624. The van der Waals surface area contributed by atoms with E-state index >= 15 is 0 Å². The molecule has 0 N–H and O–H groups in total. The molecule has 0 radical (unpaired) electrons. The quantitative estimate of drug-likeness (QED) is 0.859. The van der Waals surface area contributed by atoms with Crippen LogP contribution in [0.25, 0.3) is 0 Å². The second-order valence-corrected chi connectivity index (χ2v) is 7.45. The highest BCUT2D eigenvalue weighted by Gasteiger charge is 2.48. The van der Waals surface area contributed by atoms with Crippen LogP contribution in [-0.2, 0) is 11.3 Å². The lowest BCUT2D eigenvalue weighted by atomic mass is 9.95. The van der Waals surface area contributed by atoms with E-state index in [2.05, 4.69) is 14.5 Å². The van der Waals surface area contributed by atoms with E-state index in [-0.39, 0.29) is 11.7 Å². The molecule has 4 rings (SSSR count). The van der Waals surface area contributed by atoms with E-state index in [1.807, 2.05) is 19.6 Å². The highest BCUT2D eigenvalue weighted by molar-refractivity contribution is 5.70. The molecule has 1 unspecified atom stereocenters. The number of aromatic nitrogens is 2. The lowest BCUT2D eigenvalue weighted by Crippen LogP contribution is -2.37. The van der Waals surface area contributed by atoms with Crippen LogP contribution in [0.4, 0.5) is 4.79 Å². The SMILES string of the molecule is CN1CC2(CCN(Cc3cncn3C3CCCCC3)C2)OC1=O. The number of likely N-dealkylation sites (tertiary alicyclic amines) is 1. The summed E-state index contributed by atoms with van der Waals surface area (Å²) >= 11 is 0. The summed E-state index contributed by atoms with van der Waals surface area (Å²) in [6.45, 7) is 3.43. The Morgan fingerprint density at radius 2 is 2.13 bits per heavy atom. The van der Waals surface area contributed by atoms with E-state index in [4.69, 9.17) is 4.74 Å². The summed E-state index contributed by atoms with van der Waals surface area (Å²) in [7, 11) is 1.82. The number of imidazole rings is 1. The van der Waals surface area contributed by atoms with E-state index in [9.17, 15) is 4.79 Å². The Balaban J connectivity index is 1.42. The van der Waals surface area contributed by atoms with Gasteiger partial charge in [0.05, 0.1) is 18.6 Å². The molecular formula is C17H26N4O2.